The maximum Gasteiger partial charge on any atom is 0.264 e. The topological polar surface area (TPSA) is 38.8 Å². The summed E-state index contributed by atoms with van der Waals surface area (Å²) in [4.78, 5) is 14.9. The Bertz CT molecular complexity index is 518. The number of benzene rings is 1. The van der Waals surface area contributed by atoms with Gasteiger partial charge in [-0.05, 0) is 24.5 Å². The van der Waals surface area contributed by atoms with Crippen molar-refractivity contribution in [3.8, 4) is 5.75 Å². The Kier molecular flexibility index (Phi) is 3.34. The van der Waals surface area contributed by atoms with E-state index in [-0.39, 0.29) is 24.2 Å². The fourth-order valence-electron chi connectivity index (χ4n) is 3.87. The lowest BCUT2D eigenvalue weighted by atomic mass is 9.89. The third kappa shape index (κ3) is 2.31. The van der Waals surface area contributed by atoms with Gasteiger partial charge in [0.1, 0.15) is 5.75 Å². The van der Waals surface area contributed by atoms with E-state index in [0.717, 1.165) is 24.2 Å². The molecule has 2 fully saturated rings. The Morgan fingerprint density at radius 2 is 2.05 bits per heavy atom. The second kappa shape index (κ2) is 5.34. The zero-order valence-electron chi connectivity index (χ0n) is 12.2. The molecule has 4 heteroatoms. The SMILES string of the molecule is O=C([C@@H]1Cc2ccccc2O1)N1CCO[C@H]2CCCC[C@H]21. The van der Waals surface area contributed by atoms with Crippen LogP contribution < -0.4 is 4.74 Å². The van der Waals surface area contributed by atoms with Crippen LogP contribution in [0.5, 0.6) is 5.75 Å². The van der Waals surface area contributed by atoms with Gasteiger partial charge < -0.3 is 14.4 Å². The minimum atomic E-state index is -0.344. The number of nitrogens with zero attached hydrogens (tertiary/aromatic N) is 1. The highest BCUT2D eigenvalue weighted by Gasteiger charge is 2.41. The summed E-state index contributed by atoms with van der Waals surface area (Å²) in [6.07, 6.45) is 5.15. The van der Waals surface area contributed by atoms with Crippen LogP contribution in [0, 0.1) is 0 Å². The van der Waals surface area contributed by atoms with Crippen molar-refractivity contribution in [3.63, 3.8) is 0 Å². The zero-order valence-corrected chi connectivity index (χ0v) is 12.2. The van der Waals surface area contributed by atoms with E-state index in [1.165, 1.54) is 12.8 Å². The maximum atomic E-state index is 12.9. The first-order valence-electron chi connectivity index (χ1n) is 7.99. The van der Waals surface area contributed by atoms with E-state index in [2.05, 4.69) is 0 Å². The number of amides is 1. The van der Waals surface area contributed by atoms with Gasteiger partial charge in [-0.15, -0.1) is 0 Å². The first-order valence-corrected chi connectivity index (χ1v) is 7.99. The molecule has 3 aliphatic rings. The van der Waals surface area contributed by atoms with Crippen LogP contribution in [0.25, 0.3) is 0 Å². The molecule has 1 amide bonds. The molecule has 0 N–H and O–H groups in total. The molecular formula is C17H21NO3. The molecule has 2 heterocycles. The van der Waals surface area contributed by atoms with Crippen molar-refractivity contribution in [1.29, 1.82) is 0 Å². The van der Waals surface area contributed by atoms with Crippen molar-refractivity contribution in [2.24, 2.45) is 0 Å². The van der Waals surface area contributed by atoms with E-state index >= 15 is 0 Å². The lowest BCUT2D eigenvalue weighted by Gasteiger charge is -2.44. The highest BCUT2D eigenvalue weighted by Crippen LogP contribution is 2.32. The minimum absolute atomic E-state index is 0.145. The standard InChI is InChI=1S/C17H21NO3/c19-17(16-11-12-5-1-3-7-14(12)21-16)18-9-10-20-15-8-4-2-6-13(15)18/h1,3,5,7,13,15-16H,2,4,6,8-11H2/t13-,15+,16+/m1/s1. The van der Waals surface area contributed by atoms with Crippen molar-refractivity contribution in [1.82, 2.24) is 4.90 Å². The summed E-state index contributed by atoms with van der Waals surface area (Å²) in [5, 5.41) is 0. The number of para-hydroxylation sites is 1. The van der Waals surface area contributed by atoms with Crippen LogP contribution in [-0.4, -0.2) is 42.2 Å². The monoisotopic (exact) mass is 287 g/mol. The summed E-state index contributed by atoms with van der Waals surface area (Å²) in [5.74, 6) is 1.01. The van der Waals surface area contributed by atoms with E-state index in [4.69, 9.17) is 9.47 Å². The van der Waals surface area contributed by atoms with Gasteiger partial charge in [-0.1, -0.05) is 31.0 Å². The van der Waals surface area contributed by atoms with Gasteiger partial charge in [-0.3, -0.25) is 4.79 Å². The number of ether oxygens (including phenoxy) is 2. The number of hydrogen-bond acceptors (Lipinski definition) is 3. The van der Waals surface area contributed by atoms with Crippen molar-refractivity contribution in [2.75, 3.05) is 13.2 Å². The normalized spacial score (nSPS) is 31.2. The third-order valence-electron chi connectivity index (χ3n) is 4.94. The van der Waals surface area contributed by atoms with Gasteiger partial charge in [-0.2, -0.15) is 0 Å². The molecular weight excluding hydrogens is 266 g/mol. The van der Waals surface area contributed by atoms with Gasteiger partial charge in [0.15, 0.2) is 6.10 Å². The summed E-state index contributed by atoms with van der Waals surface area (Å²) < 4.78 is 11.7. The second-order valence-corrected chi connectivity index (χ2v) is 6.21. The van der Waals surface area contributed by atoms with E-state index in [1.807, 2.05) is 29.2 Å². The van der Waals surface area contributed by atoms with E-state index in [9.17, 15) is 4.79 Å². The molecule has 1 aromatic carbocycles. The predicted molar refractivity (Wildman–Crippen MR) is 78.3 cm³/mol. The molecule has 0 bridgehead atoms. The molecule has 1 saturated heterocycles. The third-order valence-corrected chi connectivity index (χ3v) is 4.94. The van der Waals surface area contributed by atoms with Crippen LogP contribution in [0.1, 0.15) is 31.2 Å². The van der Waals surface area contributed by atoms with Crippen LogP contribution >= 0.6 is 0 Å². The van der Waals surface area contributed by atoms with Gasteiger partial charge in [0, 0.05) is 13.0 Å². The van der Waals surface area contributed by atoms with Crippen molar-refractivity contribution >= 4 is 5.91 Å². The zero-order chi connectivity index (χ0) is 14.2. The summed E-state index contributed by atoms with van der Waals surface area (Å²) in [5.41, 5.74) is 1.14. The number of morpholine rings is 1. The van der Waals surface area contributed by atoms with Crippen molar-refractivity contribution in [2.45, 2.75) is 50.4 Å². The number of hydrogen-bond donors (Lipinski definition) is 0. The first kappa shape index (κ1) is 13.1. The number of carbonyl (C=O) groups excluding carboxylic acids is 1. The van der Waals surface area contributed by atoms with Gasteiger partial charge in [0.25, 0.3) is 5.91 Å². The molecule has 1 saturated carbocycles. The summed E-state index contributed by atoms with van der Waals surface area (Å²) in [7, 11) is 0. The van der Waals surface area contributed by atoms with Crippen LogP contribution in [0.2, 0.25) is 0 Å². The lowest BCUT2D eigenvalue weighted by molar-refractivity contribution is -0.155. The van der Waals surface area contributed by atoms with Gasteiger partial charge in [0.2, 0.25) is 0 Å². The van der Waals surface area contributed by atoms with Crippen LogP contribution in [0.15, 0.2) is 24.3 Å². The van der Waals surface area contributed by atoms with Gasteiger partial charge in [-0.25, -0.2) is 0 Å². The minimum Gasteiger partial charge on any atom is -0.480 e. The highest BCUT2D eigenvalue weighted by molar-refractivity contribution is 5.83. The number of carbonyl (C=O) groups is 1. The Balaban J connectivity index is 1.50. The maximum absolute atomic E-state index is 12.9. The molecule has 0 aromatic heterocycles. The molecule has 21 heavy (non-hydrogen) atoms. The number of fused-ring (bicyclic) bond motifs is 2. The van der Waals surface area contributed by atoms with Crippen molar-refractivity contribution < 1.29 is 14.3 Å². The molecule has 112 valence electrons. The highest BCUT2D eigenvalue weighted by atomic mass is 16.5. The summed E-state index contributed by atoms with van der Waals surface area (Å²) in [6.45, 7) is 1.36. The van der Waals surface area contributed by atoms with Gasteiger partial charge in [0.05, 0.1) is 18.8 Å². The number of rotatable bonds is 1. The summed E-state index contributed by atoms with van der Waals surface area (Å²) in [6, 6.07) is 8.21. The summed E-state index contributed by atoms with van der Waals surface area (Å²) >= 11 is 0. The quantitative estimate of drug-likeness (QED) is 0.794. The van der Waals surface area contributed by atoms with E-state index in [1.54, 1.807) is 0 Å². The first-order chi connectivity index (χ1) is 10.3. The van der Waals surface area contributed by atoms with Crippen molar-refractivity contribution in [3.05, 3.63) is 29.8 Å². The average molecular weight is 287 g/mol. The Morgan fingerprint density at radius 3 is 2.95 bits per heavy atom. The molecule has 1 aliphatic carbocycles. The molecule has 4 rings (SSSR count). The van der Waals surface area contributed by atoms with E-state index in [0.29, 0.717) is 19.6 Å². The lowest BCUT2D eigenvalue weighted by Crippen LogP contribution is -2.57. The Morgan fingerprint density at radius 1 is 1.19 bits per heavy atom. The molecule has 0 spiro atoms. The van der Waals surface area contributed by atoms with Crippen LogP contribution in [0.4, 0.5) is 0 Å². The molecule has 2 aliphatic heterocycles. The molecule has 0 radical (unpaired) electrons. The Hall–Kier alpha value is -1.55. The van der Waals surface area contributed by atoms with E-state index < -0.39 is 0 Å². The predicted octanol–water partition coefficient (Wildman–Crippen LogP) is 2.16. The fraction of sp³-hybridized carbons (Fsp3) is 0.588. The molecule has 1 aromatic rings. The van der Waals surface area contributed by atoms with Gasteiger partial charge >= 0.3 is 0 Å². The molecule has 4 nitrogen and oxygen atoms in total. The van der Waals surface area contributed by atoms with Crippen LogP contribution in [-0.2, 0) is 16.0 Å². The second-order valence-electron chi connectivity index (χ2n) is 6.21. The largest absolute Gasteiger partial charge is 0.480 e. The smallest absolute Gasteiger partial charge is 0.264 e. The average Bonchev–Trinajstić information content (AvgIpc) is 2.97. The Labute approximate surface area is 125 Å². The molecule has 0 unspecified atom stereocenters. The fourth-order valence-corrected chi connectivity index (χ4v) is 3.87. The molecule has 3 atom stereocenters. The van der Waals surface area contributed by atoms with Crippen LogP contribution in [0.3, 0.4) is 0 Å².